The highest BCUT2D eigenvalue weighted by molar-refractivity contribution is 5.98. The van der Waals surface area contributed by atoms with Crippen LogP contribution in [-0.2, 0) is 0 Å². The number of nitrogens with two attached hydrogens (primary N) is 1. The van der Waals surface area contributed by atoms with Gasteiger partial charge in [0.1, 0.15) is 5.82 Å². The zero-order valence-electron chi connectivity index (χ0n) is 17.8. The van der Waals surface area contributed by atoms with Crippen LogP contribution in [0.25, 0.3) is 28.1 Å². The molecule has 3 aromatic carbocycles. The van der Waals surface area contributed by atoms with Crippen molar-refractivity contribution in [1.29, 1.82) is 5.26 Å². The first-order valence-corrected chi connectivity index (χ1v) is 10.7. The molecule has 0 aliphatic carbocycles. The van der Waals surface area contributed by atoms with Crippen LogP contribution in [-0.4, -0.2) is 39.5 Å². The lowest BCUT2D eigenvalue weighted by Crippen LogP contribution is -2.31. The molecule has 6 heteroatoms. The third-order valence-electron chi connectivity index (χ3n) is 5.98. The van der Waals surface area contributed by atoms with Crippen molar-refractivity contribution in [2.45, 2.75) is 19.4 Å². The summed E-state index contributed by atoms with van der Waals surface area (Å²) in [7, 11) is 0. The SMILES string of the molecule is Cc1ccc(-n2c(-c3ccc(C#N)cc3)nc3cc(C(=O)N4CCC(N)C4)ccc32)cc1. The maximum absolute atomic E-state index is 13.0. The van der Waals surface area contributed by atoms with E-state index >= 15 is 0 Å². The molecule has 5 rings (SSSR count). The van der Waals surface area contributed by atoms with Crippen molar-refractivity contribution in [3.63, 3.8) is 0 Å². The fourth-order valence-electron chi connectivity index (χ4n) is 4.21. The van der Waals surface area contributed by atoms with Crippen molar-refractivity contribution in [3.05, 3.63) is 83.4 Å². The minimum atomic E-state index is -0.00958. The number of imidazole rings is 1. The van der Waals surface area contributed by atoms with Gasteiger partial charge < -0.3 is 10.6 Å². The summed E-state index contributed by atoms with van der Waals surface area (Å²) in [5.41, 5.74) is 11.9. The van der Waals surface area contributed by atoms with Gasteiger partial charge in [0, 0.05) is 35.9 Å². The Morgan fingerprint density at radius 1 is 1.09 bits per heavy atom. The Kier molecular flexibility index (Phi) is 4.96. The summed E-state index contributed by atoms with van der Waals surface area (Å²) in [6, 6.07) is 23.5. The second-order valence-electron chi connectivity index (χ2n) is 8.30. The lowest BCUT2D eigenvalue weighted by Gasteiger charge is -2.15. The number of carbonyl (C=O) groups excluding carboxylic acids is 1. The second kappa shape index (κ2) is 7.95. The Morgan fingerprint density at radius 3 is 2.50 bits per heavy atom. The Bertz CT molecular complexity index is 1350. The molecule has 1 saturated heterocycles. The topological polar surface area (TPSA) is 87.9 Å². The van der Waals surface area contributed by atoms with Crippen molar-refractivity contribution in [1.82, 2.24) is 14.5 Å². The number of likely N-dealkylation sites (tertiary alicyclic amines) is 1. The molecule has 1 unspecified atom stereocenters. The summed E-state index contributed by atoms with van der Waals surface area (Å²) in [5, 5.41) is 9.15. The normalized spacial score (nSPS) is 15.8. The average molecular weight is 422 g/mol. The molecular weight excluding hydrogens is 398 g/mol. The van der Waals surface area contributed by atoms with Gasteiger partial charge in [-0.2, -0.15) is 5.26 Å². The molecule has 158 valence electrons. The fourth-order valence-corrected chi connectivity index (χ4v) is 4.21. The van der Waals surface area contributed by atoms with Gasteiger partial charge in [0.2, 0.25) is 0 Å². The first-order valence-electron chi connectivity index (χ1n) is 10.7. The molecule has 2 N–H and O–H groups in total. The third kappa shape index (κ3) is 3.53. The number of hydrogen-bond acceptors (Lipinski definition) is 4. The third-order valence-corrected chi connectivity index (χ3v) is 5.98. The molecule has 1 aromatic heterocycles. The Morgan fingerprint density at radius 2 is 1.84 bits per heavy atom. The van der Waals surface area contributed by atoms with E-state index in [-0.39, 0.29) is 11.9 Å². The molecule has 1 fully saturated rings. The van der Waals surface area contributed by atoms with E-state index in [2.05, 4.69) is 41.8 Å². The highest BCUT2D eigenvalue weighted by Gasteiger charge is 2.25. The number of aryl methyl sites for hydroxylation is 1. The van der Waals surface area contributed by atoms with Crippen molar-refractivity contribution >= 4 is 16.9 Å². The van der Waals surface area contributed by atoms with E-state index in [9.17, 15) is 4.79 Å². The molecule has 4 aromatic rings. The van der Waals surface area contributed by atoms with Crippen molar-refractivity contribution in [2.24, 2.45) is 5.73 Å². The number of carbonyl (C=O) groups is 1. The average Bonchev–Trinajstić information content (AvgIpc) is 3.42. The number of amides is 1. The number of benzene rings is 3. The van der Waals surface area contributed by atoms with Gasteiger partial charge in [0.05, 0.1) is 22.7 Å². The second-order valence-corrected chi connectivity index (χ2v) is 8.30. The van der Waals surface area contributed by atoms with Crippen LogP contribution in [0.4, 0.5) is 0 Å². The highest BCUT2D eigenvalue weighted by Crippen LogP contribution is 2.30. The zero-order chi connectivity index (χ0) is 22.2. The molecule has 6 nitrogen and oxygen atoms in total. The van der Waals surface area contributed by atoms with E-state index in [1.165, 1.54) is 5.56 Å². The summed E-state index contributed by atoms with van der Waals surface area (Å²) in [6.45, 7) is 3.33. The minimum absolute atomic E-state index is 0.00958. The Hall–Kier alpha value is -3.95. The molecule has 1 aliphatic heterocycles. The van der Waals surface area contributed by atoms with E-state index < -0.39 is 0 Å². The van der Waals surface area contributed by atoms with Crippen LogP contribution in [0.2, 0.25) is 0 Å². The number of hydrogen-bond donors (Lipinski definition) is 1. The van der Waals surface area contributed by atoms with Gasteiger partial charge in [-0.25, -0.2) is 4.98 Å². The van der Waals surface area contributed by atoms with Crippen LogP contribution in [0.1, 0.15) is 27.9 Å². The molecule has 0 saturated carbocycles. The number of nitrogens with zero attached hydrogens (tertiary/aromatic N) is 4. The number of aromatic nitrogens is 2. The van der Waals surface area contributed by atoms with Gasteiger partial charge in [0.15, 0.2) is 0 Å². The number of rotatable bonds is 3. The predicted molar refractivity (Wildman–Crippen MR) is 124 cm³/mol. The highest BCUT2D eigenvalue weighted by atomic mass is 16.2. The molecule has 0 bridgehead atoms. The molecule has 2 heterocycles. The van der Waals surface area contributed by atoms with Crippen LogP contribution in [0.15, 0.2) is 66.7 Å². The van der Waals surface area contributed by atoms with Crippen LogP contribution in [0.5, 0.6) is 0 Å². The first kappa shape index (κ1) is 20.0. The summed E-state index contributed by atoms with van der Waals surface area (Å²) in [6.07, 6.45) is 0.832. The van der Waals surface area contributed by atoms with Gasteiger partial charge in [-0.05, 0) is 67.9 Å². The Balaban J connectivity index is 1.65. The maximum Gasteiger partial charge on any atom is 0.253 e. The van der Waals surface area contributed by atoms with Gasteiger partial charge >= 0.3 is 0 Å². The molecular formula is C26H23N5O. The van der Waals surface area contributed by atoms with Crippen molar-refractivity contribution in [3.8, 4) is 23.1 Å². The number of fused-ring (bicyclic) bond motifs is 1. The molecule has 1 aliphatic rings. The van der Waals surface area contributed by atoms with Crippen molar-refractivity contribution in [2.75, 3.05) is 13.1 Å². The maximum atomic E-state index is 13.0. The van der Waals surface area contributed by atoms with E-state index in [0.29, 0.717) is 24.2 Å². The molecule has 0 spiro atoms. The van der Waals surface area contributed by atoms with E-state index in [1.54, 1.807) is 12.1 Å². The summed E-state index contributed by atoms with van der Waals surface area (Å²) < 4.78 is 2.09. The minimum Gasteiger partial charge on any atom is -0.337 e. The lowest BCUT2D eigenvalue weighted by molar-refractivity contribution is 0.0791. The zero-order valence-corrected chi connectivity index (χ0v) is 17.8. The van der Waals surface area contributed by atoms with Gasteiger partial charge in [-0.3, -0.25) is 9.36 Å². The monoisotopic (exact) mass is 421 g/mol. The van der Waals surface area contributed by atoms with Gasteiger partial charge in [-0.15, -0.1) is 0 Å². The fraction of sp³-hybridized carbons (Fsp3) is 0.192. The van der Waals surface area contributed by atoms with Crippen molar-refractivity contribution < 1.29 is 4.79 Å². The summed E-state index contributed by atoms with van der Waals surface area (Å²) >= 11 is 0. The Labute approximate surface area is 186 Å². The lowest BCUT2D eigenvalue weighted by atomic mass is 10.1. The van der Waals surface area contributed by atoms with Gasteiger partial charge in [-0.1, -0.05) is 17.7 Å². The standard InChI is InChI=1S/C26H23N5O/c1-17-2-9-22(10-3-17)31-24-11-8-20(26(32)30-13-12-21(28)16-30)14-23(24)29-25(31)19-6-4-18(15-27)5-7-19/h2-11,14,21H,12-13,16,28H2,1H3. The van der Waals surface area contributed by atoms with Crippen LogP contribution >= 0.6 is 0 Å². The first-order chi connectivity index (χ1) is 15.5. The summed E-state index contributed by atoms with van der Waals surface area (Å²) in [4.78, 5) is 19.7. The molecule has 1 amide bonds. The predicted octanol–water partition coefficient (Wildman–Crippen LogP) is 4.05. The quantitative estimate of drug-likeness (QED) is 0.541. The molecule has 1 atom stereocenters. The number of nitriles is 1. The molecule has 32 heavy (non-hydrogen) atoms. The largest absolute Gasteiger partial charge is 0.337 e. The van der Waals surface area contributed by atoms with E-state index in [0.717, 1.165) is 34.5 Å². The van der Waals surface area contributed by atoms with Crippen LogP contribution in [0, 0.1) is 18.3 Å². The van der Waals surface area contributed by atoms with Gasteiger partial charge in [0.25, 0.3) is 5.91 Å². The van der Waals surface area contributed by atoms with E-state index in [4.69, 9.17) is 16.0 Å². The summed E-state index contributed by atoms with van der Waals surface area (Å²) in [5.74, 6) is 0.755. The van der Waals surface area contributed by atoms with Crippen LogP contribution in [0.3, 0.4) is 0 Å². The smallest absolute Gasteiger partial charge is 0.253 e. The van der Waals surface area contributed by atoms with E-state index in [1.807, 2.05) is 35.2 Å². The molecule has 0 radical (unpaired) electrons. The van der Waals surface area contributed by atoms with Crippen LogP contribution < -0.4 is 5.73 Å².